The van der Waals surface area contributed by atoms with Gasteiger partial charge in [-0.3, -0.25) is 16.0 Å². The Kier molecular flexibility index (Phi) is 5.87. The first kappa shape index (κ1) is 25.3. The molecule has 9 rings (SSSR count). The number of nitrogens with one attached hydrogen (secondary N) is 3. The summed E-state index contributed by atoms with van der Waals surface area (Å²) >= 11 is 0. The van der Waals surface area contributed by atoms with E-state index >= 15 is 0 Å². The van der Waals surface area contributed by atoms with Crippen LogP contribution in [0.1, 0.15) is 35.2 Å². The zero-order valence-corrected chi connectivity index (χ0v) is 23.9. The largest absolute Gasteiger partial charge is 0.456 e. The standard InChI is InChI=1S/C39H30N4O/c1-3-11-25(12-4-1)37-40-38(26-13-5-2-6-14-26)42-39(41-37)27-19-21-28(22-20-27)43-31-17-9-7-15-29(31)35-32(43)23-24-34-36(35)30-16-8-10-18-33(30)44-34/h1-24,37-42H. The molecule has 44 heavy (non-hydrogen) atoms. The quantitative estimate of drug-likeness (QED) is 0.198. The van der Waals surface area contributed by atoms with Crippen LogP contribution in [0.3, 0.4) is 0 Å². The molecule has 2 atom stereocenters. The molecule has 212 valence electrons. The molecule has 3 heterocycles. The lowest BCUT2D eigenvalue weighted by molar-refractivity contribution is 0.203. The summed E-state index contributed by atoms with van der Waals surface area (Å²) < 4.78 is 8.63. The molecule has 0 bridgehead atoms. The van der Waals surface area contributed by atoms with E-state index in [1.165, 1.54) is 43.9 Å². The van der Waals surface area contributed by atoms with E-state index < -0.39 is 0 Å². The summed E-state index contributed by atoms with van der Waals surface area (Å²) in [5.41, 5.74) is 8.91. The number of nitrogens with zero attached hydrogens (tertiary/aromatic N) is 1. The molecule has 0 radical (unpaired) electrons. The van der Waals surface area contributed by atoms with Gasteiger partial charge in [-0.1, -0.05) is 109 Å². The molecular weight excluding hydrogens is 540 g/mol. The number of hydrogen-bond donors (Lipinski definition) is 3. The number of hydrogen-bond acceptors (Lipinski definition) is 4. The van der Waals surface area contributed by atoms with E-state index in [4.69, 9.17) is 4.42 Å². The molecule has 2 unspecified atom stereocenters. The van der Waals surface area contributed by atoms with Crippen LogP contribution in [0.25, 0.3) is 49.4 Å². The molecule has 1 saturated heterocycles. The molecule has 5 heteroatoms. The van der Waals surface area contributed by atoms with Gasteiger partial charge in [0.15, 0.2) is 0 Å². The predicted molar refractivity (Wildman–Crippen MR) is 179 cm³/mol. The van der Waals surface area contributed by atoms with E-state index in [0.29, 0.717) is 0 Å². The van der Waals surface area contributed by atoms with Gasteiger partial charge in [-0.15, -0.1) is 0 Å². The first-order chi connectivity index (χ1) is 21.8. The Labute approximate surface area is 254 Å². The molecule has 1 aliphatic heterocycles. The molecule has 0 aliphatic carbocycles. The summed E-state index contributed by atoms with van der Waals surface area (Å²) in [7, 11) is 0. The highest BCUT2D eigenvalue weighted by Gasteiger charge is 2.29. The maximum absolute atomic E-state index is 6.26. The van der Waals surface area contributed by atoms with Crippen molar-refractivity contribution >= 4 is 43.7 Å². The van der Waals surface area contributed by atoms with E-state index in [9.17, 15) is 0 Å². The first-order valence-electron chi connectivity index (χ1n) is 15.1. The third kappa shape index (κ3) is 4.06. The van der Waals surface area contributed by atoms with Gasteiger partial charge in [0.25, 0.3) is 0 Å². The van der Waals surface area contributed by atoms with Crippen molar-refractivity contribution in [3.63, 3.8) is 0 Å². The van der Waals surface area contributed by atoms with E-state index in [2.05, 4.69) is 154 Å². The van der Waals surface area contributed by atoms with Crippen LogP contribution < -0.4 is 16.0 Å². The summed E-state index contributed by atoms with van der Waals surface area (Å²) in [5.74, 6) is 0. The van der Waals surface area contributed by atoms with Crippen LogP contribution in [0.5, 0.6) is 0 Å². The fourth-order valence-corrected chi connectivity index (χ4v) is 6.88. The Hall–Kier alpha value is -5.20. The minimum atomic E-state index is -0.0456. The van der Waals surface area contributed by atoms with Gasteiger partial charge in [0, 0.05) is 27.2 Å². The number of aromatic nitrogens is 1. The van der Waals surface area contributed by atoms with Crippen molar-refractivity contribution in [3.05, 3.63) is 162 Å². The minimum absolute atomic E-state index is 0.00291. The smallest absolute Gasteiger partial charge is 0.136 e. The van der Waals surface area contributed by atoms with Crippen LogP contribution in [0.4, 0.5) is 0 Å². The van der Waals surface area contributed by atoms with Gasteiger partial charge in [0.05, 0.1) is 29.5 Å². The molecule has 1 fully saturated rings. The zero-order valence-electron chi connectivity index (χ0n) is 23.9. The third-order valence-corrected chi connectivity index (χ3v) is 8.93. The normalized spacial score (nSPS) is 18.9. The molecule has 0 spiro atoms. The third-order valence-electron chi connectivity index (χ3n) is 8.93. The maximum Gasteiger partial charge on any atom is 0.136 e. The molecule has 6 aromatic carbocycles. The summed E-state index contributed by atoms with van der Waals surface area (Å²) in [4.78, 5) is 0. The van der Waals surface area contributed by atoms with E-state index in [-0.39, 0.29) is 18.5 Å². The highest BCUT2D eigenvalue weighted by Crippen LogP contribution is 2.41. The van der Waals surface area contributed by atoms with Crippen molar-refractivity contribution in [2.24, 2.45) is 0 Å². The van der Waals surface area contributed by atoms with E-state index in [1.54, 1.807) is 0 Å². The Morgan fingerprint density at radius 2 is 0.955 bits per heavy atom. The Bertz CT molecular complexity index is 2220. The van der Waals surface area contributed by atoms with Gasteiger partial charge in [0.1, 0.15) is 11.2 Å². The van der Waals surface area contributed by atoms with Crippen LogP contribution in [0.15, 0.2) is 150 Å². The zero-order chi connectivity index (χ0) is 29.0. The molecule has 8 aromatic rings. The number of fused-ring (bicyclic) bond motifs is 7. The number of rotatable bonds is 4. The minimum Gasteiger partial charge on any atom is -0.456 e. The molecule has 5 nitrogen and oxygen atoms in total. The molecule has 1 aliphatic rings. The van der Waals surface area contributed by atoms with Crippen LogP contribution in [-0.2, 0) is 0 Å². The van der Waals surface area contributed by atoms with E-state index in [1.807, 2.05) is 12.1 Å². The number of para-hydroxylation sites is 2. The van der Waals surface area contributed by atoms with Gasteiger partial charge < -0.3 is 8.98 Å². The molecular formula is C39H30N4O. The molecule has 0 amide bonds. The van der Waals surface area contributed by atoms with Gasteiger partial charge in [-0.05, 0) is 53.1 Å². The van der Waals surface area contributed by atoms with Crippen molar-refractivity contribution in [2.45, 2.75) is 18.5 Å². The van der Waals surface area contributed by atoms with Crippen molar-refractivity contribution in [3.8, 4) is 5.69 Å². The summed E-state index contributed by atoms with van der Waals surface area (Å²) in [6.07, 6.45) is -0.0514. The lowest BCUT2D eigenvalue weighted by Gasteiger charge is -2.39. The van der Waals surface area contributed by atoms with Crippen LogP contribution in [0, 0.1) is 0 Å². The second kappa shape index (κ2) is 10.2. The van der Waals surface area contributed by atoms with E-state index in [0.717, 1.165) is 22.2 Å². The number of furan rings is 1. The van der Waals surface area contributed by atoms with Gasteiger partial charge >= 0.3 is 0 Å². The topological polar surface area (TPSA) is 54.2 Å². The first-order valence-corrected chi connectivity index (χ1v) is 15.1. The predicted octanol–water partition coefficient (Wildman–Crippen LogP) is 8.86. The lowest BCUT2D eigenvalue weighted by Crippen LogP contribution is -2.54. The van der Waals surface area contributed by atoms with Crippen molar-refractivity contribution < 1.29 is 4.42 Å². The van der Waals surface area contributed by atoms with Crippen LogP contribution >= 0.6 is 0 Å². The molecule has 2 aromatic heterocycles. The highest BCUT2D eigenvalue weighted by atomic mass is 16.3. The average Bonchev–Trinajstić information content (AvgIpc) is 3.64. The fourth-order valence-electron chi connectivity index (χ4n) is 6.88. The Morgan fingerprint density at radius 3 is 1.61 bits per heavy atom. The molecule has 3 N–H and O–H groups in total. The average molecular weight is 571 g/mol. The van der Waals surface area contributed by atoms with Gasteiger partial charge in [-0.2, -0.15) is 0 Å². The van der Waals surface area contributed by atoms with Gasteiger partial charge in [-0.25, -0.2) is 0 Å². The summed E-state index contributed by atoms with van der Waals surface area (Å²) in [6, 6.07) is 51.4. The van der Waals surface area contributed by atoms with Gasteiger partial charge in [0.2, 0.25) is 0 Å². The van der Waals surface area contributed by atoms with Crippen LogP contribution in [0.2, 0.25) is 0 Å². The van der Waals surface area contributed by atoms with Crippen LogP contribution in [-0.4, -0.2) is 4.57 Å². The fraction of sp³-hybridized carbons (Fsp3) is 0.0769. The SMILES string of the molecule is c1ccc(C2NC(c3ccccc3)NC(c3ccc(-n4c5ccccc5c5c6c(ccc54)oc4ccccc46)cc3)N2)cc1. The van der Waals surface area contributed by atoms with Crippen molar-refractivity contribution in [1.29, 1.82) is 0 Å². The van der Waals surface area contributed by atoms with Crippen molar-refractivity contribution in [2.75, 3.05) is 0 Å². The summed E-state index contributed by atoms with van der Waals surface area (Å²) in [5, 5.41) is 16.1. The Morgan fingerprint density at radius 1 is 0.409 bits per heavy atom. The van der Waals surface area contributed by atoms with Crippen molar-refractivity contribution in [1.82, 2.24) is 20.5 Å². The summed E-state index contributed by atoms with van der Waals surface area (Å²) in [6.45, 7) is 0. The monoisotopic (exact) mass is 570 g/mol. The maximum atomic E-state index is 6.26. The second-order valence-electron chi connectivity index (χ2n) is 11.5. The second-order valence-corrected chi connectivity index (χ2v) is 11.5. The lowest BCUT2D eigenvalue weighted by atomic mass is 10.0. The Balaban J connectivity index is 1.14. The number of benzene rings is 6. The molecule has 0 saturated carbocycles. The highest BCUT2D eigenvalue weighted by molar-refractivity contribution is 6.27.